The van der Waals surface area contributed by atoms with Crippen LogP contribution in [0.3, 0.4) is 0 Å². The second kappa shape index (κ2) is 7.56. The Balaban J connectivity index is 1.70. The maximum Gasteiger partial charge on any atom is 0.227 e. The van der Waals surface area contributed by atoms with Gasteiger partial charge >= 0.3 is 0 Å². The highest BCUT2D eigenvalue weighted by molar-refractivity contribution is 5.95. The number of nitrogens with zero attached hydrogens (tertiary/aromatic N) is 1. The van der Waals surface area contributed by atoms with E-state index < -0.39 is 0 Å². The van der Waals surface area contributed by atoms with Crippen molar-refractivity contribution in [1.29, 1.82) is 0 Å². The predicted molar refractivity (Wildman–Crippen MR) is 98.2 cm³/mol. The van der Waals surface area contributed by atoms with Crippen molar-refractivity contribution in [2.24, 2.45) is 17.8 Å². The van der Waals surface area contributed by atoms with Gasteiger partial charge in [-0.05, 0) is 56.1 Å². The molecule has 24 heavy (non-hydrogen) atoms. The summed E-state index contributed by atoms with van der Waals surface area (Å²) in [6, 6.07) is 8.05. The Hall–Kier alpha value is -1.55. The van der Waals surface area contributed by atoms with Gasteiger partial charge < -0.3 is 15.3 Å². The molecule has 0 radical (unpaired) electrons. The van der Waals surface area contributed by atoms with Crippen molar-refractivity contribution in [3.8, 4) is 0 Å². The molecule has 1 heterocycles. The van der Waals surface area contributed by atoms with E-state index in [1.807, 2.05) is 18.2 Å². The molecule has 1 saturated carbocycles. The van der Waals surface area contributed by atoms with Gasteiger partial charge in [-0.15, -0.1) is 0 Å². The number of nitrogens with one attached hydrogen (secondary N) is 1. The van der Waals surface area contributed by atoms with E-state index in [1.54, 1.807) is 0 Å². The molecule has 1 saturated heterocycles. The highest BCUT2D eigenvalue weighted by Gasteiger charge is 2.29. The van der Waals surface area contributed by atoms with E-state index >= 15 is 0 Å². The summed E-state index contributed by atoms with van der Waals surface area (Å²) in [7, 11) is 0. The first-order valence-electron chi connectivity index (χ1n) is 9.36. The van der Waals surface area contributed by atoms with Gasteiger partial charge in [0.15, 0.2) is 0 Å². The first-order chi connectivity index (χ1) is 11.5. The maximum atomic E-state index is 12.8. The Morgan fingerprint density at radius 3 is 2.38 bits per heavy atom. The summed E-state index contributed by atoms with van der Waals surface area (Å²) >= 11 is 0. The van der Waals surface area contributed by atoms with E-state index in [4.69, 9.17) is 0 Å². The standard InChI is InChI=1S/C20H30N2O2/c1-14-11-15(2)13-16(12-14)20(24)21-18-5-3-4-6-19(18)22-9-7-17(23)8-10-22/h3-6,14-17,23H,7-13H2,1-2H3,(H,21,24). The molecule has 1 aliphatic carbocycles. The van der Waals surface area contributed by atoms with Crippen LogP contribution in [0.25, 0.3) is 0 Å². The summed E-state index contributed by atoms with van der Waals surface area (Å²) in [6.45, 7) is 6.18. The zero-order chi connectivity index (χ0) is 17.1. The topological polar surface area (TPSA) is 52.6 Å². The van der Waals surface area contributed by atoms with Crippen molar-refractivity contribution in [2.45, 2.75) is 52.1 Å². The highest BCUT2D eigenvalue weighted by atomic mass is 16.3. The van der Waals surface area contributed by atoms with Crippen molar-refractivity contribution in [3.05, 3.63) is 24.3 Å². The largest absolute Gasteiger partial charge is 0.393 e. The average molecular weight is 330 g/mol. The van der Waals surface area contributed by atoms with Gasteiger partial charge in [0.25, 0.3) is 0 Å². The molecular formula is C20H30N2O2. The smallest absolute Gasteiger partial charge is 0.227 e. The van der Waals surface area contributed by atoms with Gasteiger partial charge in [-0.1, -0.05) is 26.0 Å². The van der Waals surface area contributed by atoms with Gasteiger partial charge in [0, 0.05) is 19.0 Å². The van der Waals surface area contributed by atoms with E-state index in [0.717, 1.165) is 50.1 Å². The molecule has 3 rings (SSSR count). The minimum Gasteiger partial charge on any atom is -0.393 e. The van der Waals surface area contributed by atoms with Crippen LogP contribution in [0.5, 0.6) is 0 Å². The summed E-state index contributed by atoms with van der Waals surface area (Å²) in [6.07, 6.45) is 4.62. The van der Waals surface area contributed by atoms with E-state index in [9.17, 15) is 9.90 Å². The second-order valence-corrected chi connectivity index (χ2v) is 7.84. The molecule has 2 aliphatic rings. The number of hydrogen-bond acceptors (Lipinski definition) is 3. The Morgan fingerprint density at radius 2 is 1.71 bits per heavy atom. The Bertz CT molecular complexity index is 557. The van der Waals surface area contributed by atoms with Gasteiger partial charge in [0.1, 0.15) is 0 Å². The number of para-hydroxylation sites is 2. The lowest BCUT2D eigenvalue weighted by molar-refractivity contribution is -0.121. The quantitative estimate of drug-likeness (QED) is 0.889. The second-order valence-electron chi connectivity index (χ2n) is 7.84. The number of carbonyl (C=O) groups excluding carboxylic acids is 1. The van der Waals surface area contributed by atoms with Crippen molar-refractivity contribution in [1.82, 2.24) is 0 Å². The fraction of sp³-hybridized carbons (Fsp3) is 0.650. The number of piperidine rings is 1. The number of aliphatic hydroxyl groups is 1. The molecule has 0 aromatic heterocycles. The first kappa shape index (κ1) is 17.3. The molecule has 1 amide bonds. The number of rotatable bonds is 3. The third-order valence-corrected chi connectivity index (χ3v) is 5.52. The fourth-order valence-corrected chi connectivity index (χ4v) is 4.36. The van der Waals surface area contributed by atoms with Crippen LogP contribution >= 0.6 is 0 Å². The van der Waals surface area contributed by atoms with Crippen LogP contribution < -0.4 is 10.2 Å². The number of anilines is 2. The molecular weight excluding hydrogens is 300 g/mol. The molecule has 1 aliphatic heterocycles. The molecule has 2 unspecified atom stereocenters. The molecule has 4 nitrogen and oxygen atoms in total. The fourth-order valence-electron chi connectivity index (χ4n) is 4.36. The molecule has 132 valence electrons. The summed E-state index contributed by atoms with van der Waals surface area (Å²) in [4.78, 5) is 15.0. The lowest BCUT2D eigenvalue weighted by atomic mass is 9.76. The number of aliphatic hydroxyl groups excluding tert-OH is 1. The summed E-state index contributed by atoms with van der Waals surface area (Å²) in [5.41, 5.74) is 1.99. The Morgan fingerprint density at radius 1 is 1.08 bits per heavy atom. The lowest BCUT2D eigenvalue weighted by Crippen LogP contribution is -2.36. The van der Waals surface area contributed by atoms with Crippen molar-refractivity contribution in [2.75, 3.05) is 23.3 Å². The summed E-state index contributed by atoms with van der Waals surface area (Å²) in [5, 5.41) is 12.9. The minimum atomic E-state index is -0.187. The summed E-state index contributed by atoms with van der Waals surface area (Å²) in [5.74, 6) is 1.55. The maximum absolute atomic E-state index is 12.8. The molecule has 0 bridgehead atoms. The van der Waals surface area contributed by atoms with E-state index in [-0.39, 0.29) is 17.9 Å². The van der Waals surface area contributed by atoms with Crippen molar-refractivity contribution >= 4 is 17.3 Å². The van der Waals surface area contributed by atoms with Crippen LogP contribution in [0.1, 0.15) is 46.0 Å². The number of hydrogen-bond donors (Lipinski definition) is 2. The molecule has 1 aromatic carbocycles. The molecule has 0 spiro atoms. The SMILES string of the molecule is CC1CC(C)CC(C(=O)Nc2ccccc2N2CCC(O)CC2)C1. The Kier molecular flexibility index (Phi) is 5.44. The third-order valence-electron chi connectivity index (χ3n) is 5.52. The molecule has 2 N–H and O–H groups in total. The van der Waals surface area contributed by atoms with Gasteiger partial charge in [-0.3, -0.25) is 4.79 Å². The van der Waals surface area contributed by atoms with E-state index in [0.29, 0.717) is 11.8 Å². The van der Waals surface area contributed by atoms with Gasteiger partial charge in [-0.2, -0.15) is 0 Å². The zero-order valence-electron chi connectivity index (χ0n) is 14.9. The van der Waals surface area contributed by atoms with Crippen LogP contribution in [0.4, 0.5) is 11.4 Å². The van der Waals surface area contributed by atoms with Gasteiger partial charge in [-0.25, -0.2) is 0 Å². The van der Waals surface area contributed by atoms with E-state index in [2.05, 4.69) is 30.1 Å². The van der Waals surface area contributed by atoms with Crippen molar-refractivity contribution in [3.63, 3.8) is 0 Å². The van der Waals surface area contributed by atoms with Crippen LogP contribution in [0.15, 0.2) is 24.3 Å². The molecule has 1 aromatic rings. The zero-order valence-corrected chi connectivity index (χ0v) is 14.9. The van der Waals surface area contributed by atoms with Crippen LogP contribution in [-0.2, 0) is 4.79 Å². The van der Waals surface area contributed by atoms with Crippen molar-refractivity contribution < 1.29 is 9.90 Å². The predicted octanol–water partition coefficient (Wildman–Crippen LogP) is 3.66. The number of amides is 1. The highest BCUT2D eigenvalue weighted by Crippen LogP contribution is 2.35. The number of carbonyl (C=O) groups is 1. The Labute approximate surface area is 145 Å². The van der Waals surface area contributed by atoms with E-state index in [1.165, 1.54) is 6.42 Å². The average Bonchev–Trinajstić information content (AvgIpc) is 2.55. The minimum absolute atomic E-state index is 0.125. The lowest BCUT2D eigenvalue weighted by Gasteiger charge is -2.34. The summed E-state index contributed by atoms with van der Waals surface area (Å²) < 4.78 is 0. The van der Waals surface area contributed by atoms with Gasteiger partial charge in [0.05, 0.1) is 17.5 Å². The van der Waals surface area contributed by atoms with Crippen LogP contribution in [0, 0.1) is 17.8 Å². The van der Waals surface area contributed by atoms with Crippen LogP contribution in [0.2, 0.25) is 0 Å². The van der Waals surface area contributed by atoms with Crippen LogP contribution in [-0.4, -0.2) is 30.2 Å². The molecule has 2 fully saturated rings. The molecule has 4 heteroatoms. The molecule has 2 atom stereocenters. The third kappa shape index (κ3) is 4.10. The monoisotopic (exact) mass is 330 g/mol. The normalized spacial score (nSPS) is 28.6. The first-order valence-corrected chi connectivity index (χ1v) is 9.36. The number of benzene rings is 1. The van der Waals surface area contributed by atoms with Gasteiger partial charge in [0.2, 0.25) is 5.91 Å².